The first kappa shape index (κ1) is 12.9. The van der Waals surface area contributed by atoms with Crippen LogP contribution >= 0.6 is 11.8 Å². The molecular formula is C12H17NO2S. The molecule has 0 spiro atoms. The van der Waals surface area contributed by atoms with Crippen molar-refractivity contribution in [2.45, 2.75) is 13.0 Å². The predicted molar refractivity (Wildman–Crippen MR) is 68.8 cm³/mol. The van der Waals surface area contributed by atoms with Crippen molar-refractivity contribution >= 4 is 11.8 Å². The van der Waals surface area contributed by atoms with Crippen molar-refractivity contribution < 1.29 is 10.2 Å². The van der Waals surface area contributed by atoms with Crippen molar-refractivity contribution in [3.63, 3.8) is 0 Å². The molecule has 0 aliphatic heterocycles. The average molecular weight is 239 g/mol. The number of thioether (sulfide) groups is 1. The van der Waals surface area contributed by atoms with Gasteiger partial charge in [0.1, 0.15) is 0 Å². The van der Waals surface area contributed by atoms with Crippen molar-refractivity contribution in [1.29, 1.82) is 0 Å². The first-order chi connectivity index (χ1) is 7.65. The van der Waals surface area contributed by atoms with Crippen molar-refractivity contribution in [2.24, 2.45) is 0 Å². The Bertz CT molecular complexity index is 366. The van der Waals surface area contributed by atoms with Gasteiger partial charge in [-0.1, -0.05) is 12.1 Å². The van der Waals surface area contributed by atoms with Crippen LogP contribution in [0.2, 0.25) is 0 Å². The lowest BCUT2D eigenvalue weighted by Gasteiger charge is -2.13. The van der Waals surface area contributed by atoms with E-state index in [4.69, 9.17) is 0 Å². The monoisotopic (exact) mass is 239 g/mol. The molecule has 1 aromatic rings. The summed E-state index contributed by atoms with van der Waals surface area (Å²) in [5.74, 6) is -0.163. The molecule has 4 heteroatoms. The molecule has 0 fully saturated rings. The van der Waals surface area contributed by atoms with Crippen LogP contribution in [0.15, 0.2) is 29.7 Å². The first-order valence-corrected chi connectivity index (χ1v) is 6.37. The number of aromatic hydroxyl groups is 2. The lowest BCUT2D eigenvalue weighted by molar-refractivity contribution is 0.402. The van der Waals surface area contributed by atoms with E-state index in [0.717, 1.165) is 12.1 Å². The van der Waals surface area contributed by atoms with Gasteiger partial charge >= 0.3 is 0 Å². The molecular weight excluding hydrogens is 222 g/mol. The van der Waals surface area contributed by atoms with Gasteiger partial charge in [-0.15, -0.1) is 11.8 Å². The molecule has 0 heterocycles. The molecule has 1 rings (SSSR count). The maximum atomic E-state index is 9.36. The van der Waals surface area contributed by atoms with Gasteiger partial charge in [0.25, 0.3) is 0 Å². The summed E-state index contributed by atoms with van der Waals surface area (Å²) in [6.07, 6.45) is 4.05. The SMILES string of the molecule is CSC=CCNC(C)c1ccc(O)c(O)c1. The molecule has 88 valence electrons. The van der Waals surface area contributed by atoms with Gasteiger partial charge < -0.3 is 15.5 Å². The van der Waals surface area contributed by atoms with Crippen LogP contribution in [0.5, 0.6) is 11.5 Å². The van der Waals surface area contributed by atoms with E-state index in [2.05, 4.69) is 5.32 Å². The van der Waals surface area contributed by atoms with E-state index in [1.54, 1.807) is 23.9 Å². The first-order valence-electron chi connectivity index (χ1n) is 5.08. The number of phenols is 2. The molecule has 3 nitrogen and oxygen atoms in total. The minimum atomic E-state index is -0.0850. The van der Waals surface area contributed by atoms with Crippen molar-refractivity contribution in [2.75, 3.05) is 12.8 Å². The van der Waals surface area contributed by atoms with E-state index in [1.807, 2.05) is 24.7 Å². The van der Waals surface area contributed by atoms with Crippen LogP contribution in [-0.2, 0) is 0 Å². The molecule has 0 aliphatic carbocycles. The van der Waals surface area contributed by atoms with E-state index < -0.39 is 0 Å². The van der Waals surface area contributed by atoms with Crippen LogP contribution in [0.1, 0.15) is 18.5 Å². The fourth-order valence-electron chi connectivity index (χ4n) is 1.32. The summed E-state index contributed by atoms with van der Waals surface area (Å²) in [4.78, 5) is 0. The Morgan fingerprint density at radius 2 is 2.12 bits per heavy atom. The molecule has 1 unspecified atom stereocenters. The number of hydrogen-bond acceptors (Lipinski definition) is 4. The van der Waals surface area contributed by atoms with Crippen LogP contribution in [0, 0.1) is 0 Å². The summed E-state index contributed by atoms with van der Waals surface area (Å²) >= 11 is 1.66. The Balaban J connectivity index is 2.55. The van der Waals surface area contributed by atoms with Gasteiger partial charge in [-0.3, -0.25) is 0 Å². The molecule has 0 radical (unpaired) electrons. The highest BCUT2D eigenvalue weighted by Crippen LogP contribution is 2.27. The van der Waals surface area contributed by atoms with E-state index in [9.17, 15) is 10.2 Å². The van der Waals surface area contributed by atoms with E-state index in [-0.39, 0.29) is 17.5 Å². The minimum Gasteiger partial charge on any atom is -0.504 e. The maximum absolute atomic E-state index is 9.36. The summed E-state index contributed by atoms with van der Waals surface area (Å²) in [5, 5.41) is 23.9. The second-order valence-electron chi connectivity index (χ2n) is 3.49. The topological polar surface area (TPSA) is 52.5 Å². The summed E-state index contributed by atoms with van der Waals surface area (Å²) in [7, 11) is 0. The van der Waals surface area contributed by atoms with Crippen LogP contribution < -0.4 is 5.32 Å². The molecule has 16 heavy (non-hydrogen) atoms. The van der Waals surface area contributed by atoms with Gasteiger partial charge in [0.2, 0.25) is 0 Å². The smallest absolute Gasteiger partial charge is 0.157 e. The molecule has 3 N–H and O–H groups in total. The summed E-state index contributed by atoms with van der Waals surface area (Å²) in [6.45, 7) is 2.79. The maximum Gasteiger partial charge on any atom is 0.157 e. The highest BCUT2D eigenvalue weighted by Gasteiger charge is 2.06. The molecule has 0 saturated carbocycles. The minimum absolute atomic E-state index is 0.0780. The van der Waals surface area contributed by atoms with E-state index in [0.29, 0.717) is 0 Å². The van der Waals surface area contributed by atoms with Gasteiger partial charge in [-0.05, 0) is 36.3 Å². The lowest BCUT2D eigenvalue weighted by atomic mass is 10.1. The highest BCUT2D eigenvalue weighted by atomic mass is 32.2. The van der Waals surface area contributed by atoms with E-state index in [1.165, 1.54) is 6.07 Å². The number of nitrogens with one attached hydrogen (secondary N) is 1. The second kappa shape index (κ2) is 6.45. The van der Waals surface area contributed by atoms with Crippen LogP contribution in [0.25, 0.3) is 0 Å². The zero-order valence-electron chi connectivity index (χ0n) is 9.47. The molecule has 0 bridgehead atoms. The van der Waals surface area contributed by atoms with Crippen LogP contribution in [0.3, 0.4) is 0 Å². The average Bonchev–Trinajstić information content (AvgIpc) is 2.28. The van der Waals surface area contributed by atoms with Gasteiger partial charge in [0.05, 0.1) is 0 Å². The largest absolute Gasteiger partial charge is 0.504 e. The van der Waals surface area contributed by atoms with Gasteiger partial charge in [-0.25, -0.2) is 0 Å². The number of rotatable bonds is 5. The van der Waals surface area contributed by atoms with Crippen LogP contribution in [0.4, 0.5) is 0 Å². The third-order valence-corrected chi connectivity index (χ3v) is 2.74. The molecule has 1 atom stereocenters. The summed E-state index contributed by atoms with van der Waals surface area (Å²) in [5.41, 5.74) is 0.952. The zero-order valence-corrected chi connectivity index (χ0v) is 10.3. The quantitative estimate of drug-likeness (QED) is 0.691. The predicted octanol–water partition coefficient (Wildman–Crippen LogP) is 2.63. The van der Waals surface area contributed by atoms with E-state index >= 15 is 0 Å². The Hall–Kier alpha value is -1.13. The Kier molecular flexibility index (Phi) is 5.22. The Labute approximate surface area is 100 Å². The molecule has 0 aliphatic rings. The standard InChI is InChI=1S/C12H17NO2S/c1-9(13-6-3-7-16-2)10-4-5-11(14)12(15)8-10/h3-5,7-9,13-15H,6H2,1-2H3. The van der Waals surface area contributed by atoms with Gasteiger partial charge in [0, 0.05) is 12.6 Å². The fourth-order valence-corrected chi connectivity index (χ4v) is 1.61. The van der Waals surface area contributed by atoms with Crippen LogP contribution in [-0.4, -0.2) is 23.0 Å². The van der Waals surface area contributed by atoms with Crippen molar-refractivity contribution in [3.8, 4) is 11.5 Å². The molecule has 0 saturated heterocycles. The fraction of sp³-hybridized carbons (Fsp3) is 0.333. The third kappa shape index (κ3) is 3.79. The van der Waals surface area contributed by atoms with Crippen molar-refractivity contribution in [3.05, 3.63) is 35.2 Å². The lowest BCUT2D eigenvalue weighted by Crippen LogP contribution is -2.18. The van der Waals surface area contributed by atoms with Gasteiger partial charge in [-0.2, -0.15) is 0 Å². The number of phenolic OH excluding ortho intramolecular Hbond substituents is 2. The highest BCUT2D eigenvalue weighted by molar-refractivity contribution is 8.01. The Morgan fingerprint density at radius 1 is 1.38 bits per heavy atom. The Morgan fingerprint density at radius 3 is 2.75 bits per heavy atom. The summed E-state index contributed by atoms with van der Waals surface area (Å²) in [6, 6.07) is 5.01. The number of hydrogen-bond donors (Lipinski definition) is 3. The van der Waals surface area contributed by atoms with Crippen molar-refractivity contribution in [1.82, 2.24) is 5.32 Å². The van der Waals surface area contributed by atoms with Gasteiger partial charge in [0.15, 0.2) is 11.5 Å². The molecule has 1 aromatic carbocycles. The zero-order chi connectivity index (χ0) is 12.0. The third-order valence-electron chi connectivity index (χ3n) is 2.27. The number of benzene rings is 1. The molecule has 0 amide bonds. The molecule has 0 aromatic heterocycles. The normalized spacial score (nSPS) is 13.1. The summed E-state index contributed by atoms with van der Waals surface area (Å²) < 4.78 is 0. The second-order valence-corrected chi connectivity index (χ2v) is 4.23.